The number of ether oxygens (including phenoxy) is 1. The van der Waals surface area contributed by atoms with Crippen LogP contribution in [-0.2, 0) is 4.79 Å². The minimum atomic E-state index is -0.538. The molecule has 0 aliphatic rings. The third kappa shape index (κ3) is 2.06. The van der Waals surface area contributed by atoms with Gasteiger partial charge < -0.3 is 4.74 Å². The van der Waals surface area contributed by atoms with Gasteiger partial charge in [-0.2, -0.15) is 0 Å². The highest BCUT2D eigenvalue weighted by atomic mass is 35.5. The molecule has 0 radical (unpaired) electrons. The zero-order valence-corrected chi connectivity index (χ0v) is 7.81. The molecule has 0 saturated carbocycles. The first-order valence-electron chi connectivity index (χ1n) is 3.45. The third-order valence-corrected chi connectivity index (χ3v) is 1.62. The largest absolute Gasteiger partial charge is 0.404 e. The average Bonchev–Trinajstić information content (AvgIpc) is 2.32. The summed E-state index contributed by atoms with van der Waals surface area (Å²) in [5.74, 6) is -0.876. The number of H-pyrrole nitrogens is 1. The molecule has 0 aliphatic heterocycles. The van der Waals surface area contributed by atoms with Gasteiger partial charge in [-0.25, -0.2) is 0 Å². The molecule has 1 N–H and O–H groups in total. The zero-order valence-electron chi connectivity index (χ0n) is 7.05. The van der Waals surface area contributed by atoms with Crippen molar-refractivity contribution in [3.63, 3.8) is 0 Å². The number of nitrogens with zero attached hydrogens (tertiary/aromatic N) is 1. The van der Waals surface area contributed by atoms with E-state index in [1.165, 1.54) is 13.8 Å². The van der Waals surface area contributed by atoms with Gasteiger partial charge >= 0.3 is 5.97 Å². The molecule has 0 spiro atoms. The van der Waals surface area contributed by atoms with Gasteiger partial charge in [-0.05, 0) is 0 Å². The first-order chi connectivity index (χ1) is 6.02. The number of aromatic nitrogens is 2. The molecule has 0 saturated heterocycles. The Bertz CT molecular complexity index is 359. The molecule has 1 aromatic heterocycles. The lowest BCUT2D eigenvalue weighted by Crippen LogP contribution is -2.01. The van der Waals surface area contributed by atoms with Gasteiger partial charge in [0, 0.05) is 13.8 Å². The Balaban J connectivity index is 2.99. The van der Waals surface area contributed by atoms with Crippen molar-refractivity contribution in [1.82, 2.24) is 10.2 Å². The van der Waals surface area contributed by atoms with E-state index >= 15 is 0 Å². The summed E-state index contributed by atoms with van der Waals surface area (Å²) in [6, 6.07) is 0. The molecule has 0 unspecified atom stereocenters. The molecule has 70 valence electrons. The molecule has 1 rings (SSSR count). The summed E-state index contributed by atoms with van der Waals surface area (Å²) in [5, 5.41) is 5.96. The lowest BCUT2D eigenvalue weighted by Gasteiger charge is -1.94. The second-order valence-electron chi connectivity index (χ2n) is 2.37. The predicted octanol–water partition coefficient (Wildman–Crippen LogP) is 1.19. The summed E-state index contributed by atoms with van der Waals surface area (Å²) < 4.78 is 4.61. The molecular weight excluding hydrogens is 196 g/mol. The zero-order chi connectivity index (χ0) is 10.0. The van der Waals surface area contributed by atoms with E-state index in [1.807, 2.05) is 0 Å². The second-order valence-corrected chi connectivity index (χ2v) is 2.75. The fraction of sp³-hybridized carbons (Fsp3) is 0.286. The summed E-state index contributed by atoms with van der Waals surface area (Å²) in [6.07, 6.45) is 0. The van der Waals surface area contributed by atoms with Gasteiger partial charge in [0.15, 0.2) is 5.78 Å². The molecule has 0 aromatic carbocycles. The summed E-state index contributed by atoms with van der Waals surface area (Å²) in [5.41, 5.74) is 0.137. The Morgan fingerprint density at radius 1 is 1.46 bits per heavy atom. The number of hydrogen-bond acceptors (Lipinski definition) is 4. The Morgan fingerprint density at radius 2 is 2.08 bits per heavy atom. The van der Waals surface area contributed by atoms with Crippen molar-refractivity contribution in [2.75, 3.05) is 0 Å². The number of rotatable bonds is 2. The molecule has 6 heteroatoms. The number of Topliss-reactive ketones (excluding diaryl/α,β-unsaturated/α-hetero) is 1. The molecule has 0 amide bonds. The first kappa shape index (κ1) is 9.73. The van der Waals surface area contributed by atoms with Crippen LogP contribution in [0, 0.1) is 0 Å². The number of aromatic amines is 1. The van der Waals surface area contributed by atoms with Gasteiger partial charge in [0.1, 0.15) is 10.7 Å². The topological polar surface area (TPSA) is 72.0 Å². The van der Waals surface area contributed by atoms with Gasteiger partial charge in [-0.1, -0.05) is 11.6 Å². The minimum Gasteiger partial charge on any atom is -0.404 e. The Morgan fingerprint density at radius 3 is 2.46 bits per heavy atom. The molecular formula is C7H7ClN2O3. The lowest BCUT2D eigenvalue weighted by molar-refractivity contribution is -0.132. The molecule has 5 nitrogen and oxygen atoms in total. The van der Waals surface area contributed by atoms with Crippen LogP contribution >= 0.6 is 11.6 Å². The highest BCUT2D eigenvalue weighted by Gasteiger charge is 2.16. The maximum Gasteiger partial charge on any atom is 0.309 e. The van der Waals surface area contributed by atoms with Crippen molar-refractivity contribution in [2.45, 2.75) is 13.8 Å². The van der Waals surface area contributed by atoms with Crippen LogP contribution in [0.2, 0.25) is 5.02 Å². The van der Waals surface area contributed by atoms with E-state index < -0.39 is 5.97 Å². The Kier molecular flexibility index (Phi) is 2.67. The van der Waals surface area contributed by atoms with Crippen molar-refractivity contribution >= 4 is 23.4 Å². The van der Waals surface area contributed by atoms with Crippen molar-refractivity contribution in [3.05, 3.63) is 10.7 Å². The summed E-state index contributed by atoms with van der Waals surface area (Å²) in [6.45, 7) is 2.55. The quantitative estimate of drug-likeness (QED) is 0.578. The third-order valence-electron chi connectivity index (χ3n) is 1.27. The van der Waals surface area contributed by atoms with E-state index in [0.29, 0.717) is 0 Å². The van der Waals surface area contributed by atoms with E-state index in [9.17, 15) is 9.59 Å². The fourth-order valence-electron chi connectivity index (χ4n) is 0.749. The number of esters is 1. The maximum absolute atomic E-state index is 10.9. The Labute approximate surface area is 79.0 Å². The minimum absolute atomic E-state index is 0.0303. The lowest BCUT2D eigenvalue weighted by atomic mass is 10.3. The molecule has 0 fully saturated rings. The van der Waals surface area contributed by atoms with Crippen LogP contribution in [0.4, 0.5) is 0 Å². The van der Waals surface area contributed by atoms with E-state index in [0.717, 1.165) is 0 Å². The average molecular weight is 203 g/mol. The standard InChI is InChI=1S/C7H7ClN2O3/c1-3(11)6-5(8)7(10-9-6)13-4(2)12/h1-2H3,(H,9,10). The van der Waals surface area contributed by atoms with Crippen LogP contribution in [0.1, 0.15) is 24.3 Å². The molecule has 0 atom stereocenters. The normalized spacial score (nSPS) is 9.77. The predicted molar refractivity (Wildman–Crippen MR) is 44.9 cm³/mol. The van der Waals surface area contributed by atoms with Gasteiger partial charge in [-0.3, -0.25) is 14.7 Å². The second kappa shape index (κ2) is 3.57. The molecule has 0 bridgehead atoms. The van der Waals surface area contributed by atoms with Crippen LogP contribution in [0.5, 0.6) is 5.88 Å². The first-order valence-corrected chi connectivity index (χ1v) is 3.83. The number of halogens is 1. The monoisotopic (exact) mass is 202 g/mol. The van der Waals surface area contributed by atoms with E-state index in [2.05, 4.69) is 14.9 Å². The molecule has 1 aromatic rings. The summed E-state index contributed by atoms with van der Waals surface area (Å²) in [4.78, 5) is 21.4. The number of nitrogens with one attached hydrogen (secondary N) is 1. The van der Waals surface area contributed by atoms with Crippen LogP contribution in [0.15, 0.2) is 0 Å². The molecule has 13 heavy (non-hydrogen) atoms. The van der Waals surface area contributed by atoms with Gasteiger partial charge in [0.2, 0.25) is 0 Å². The van der Waals surface area contributed by atoms with Crippen molar-refractivity contribution in [2.24, 2.45) is 0 Å². The number of ketones is 1. The van der Waals surface area contributed by atoms with Crippen molar-refractivity contribution in [3.8, 4) is 5.88 Å². The van der Waals surface area contributed by atoms with Crippen LogP contribution in [0.25, 0.3) is 0 Å². The summed E-state index contributed by atoms with van der Waals surface area (Å²) in [7, 11) is 0. The van der Waals surface area contributed by atoms with Crippen LogP contribution in [0.3, 0.4) is 0 Å². The van der Waals surface area contributed by atoms with Crippen molar-refractivity contribution in [1.29, 1.82) is 0 Å². The fourth-order valence-corrected chi connectivity index (χ4v) is 1.00. The smallest absolute Gasteiger partial charge is 0.309 e. The van der Waals surface area contributed by atoms with Gasteiger partial charge in [0.25, 0.3) is 5.88 Å². The molecule has 0 aliphatic carbocycles. The van der Waals surface area contributed by atoms with E-state index in [1.54, 1.807) is 0 Å². The number of hydrogen-bond donors (Lipinski definition) is 1. The maximum atomic E-state index is 10.9. The van der Waals surface area contributed by atoms with Gasteiger partial charge in [-0.15, -0.1) is 5.10 Å². The van der Waals surface area contributed by atoms with Crippen LogP contribution < -0.4 is 4.74 Å². The van der Waals surface area contributed by atoms with Crippen LogP contribution in [-0.4, -0.2) is 21.9 Å². The number of carbonyl (C=O) groups excluding carboxylic acids is 2. The van der Waals surface area contributed by atoms with E-state index in [4.69, 9.17) is 11.6 Å². The summed E-state index contributed by atoms with van der Waals surface area (Å²) >= 11 is 5.67. The highest BCUT2D eigenvalue weighted by Crippen LogP contribution is 2.25. The highest BCUT2D eigenvalue weighted by molar-refractivity contribution is 6.34. The van der Waals surface area contributed by atoms with Gasteiger partial charge in [0.05, 0.1) is 0 Å². The van der Waals surface area contributed by atoms with Crippen molar-refractivity contribution < 1.29 is 14.3 Å². The molecule has 1 heterocycles. The SMILES string of the molecule is CC(=O)Oc1n[nH]c(C(C)=O)c1Cl. The van der Waals surface area contributed by atoms with E-state index in [-0.39, 0.29) is 22.4 Å². The number of carbonyl (C=O) groups is 2. The Hall–Kier alpha value is -1.36.